The highest BCUT2D eigenvalue weighted by Crippen LogP contribution is 2.35. The molecule has 0 radical (unpaired) electrons. The molecule has 0 saturated carbocycles. The molecule has 1 aliphatic heterocycles. The van der Waals surface area contributed by atoms with E-state index in [2.05, 4.69) is 67.3 Å². The number of esters is 2. The Morgan fingerprint density at radius 3 is 1.44 bits per heavy atom. The summed E-state index contributed by atoms with van der Waals surface area (Å²) in [5.41, 5.74) is 5.98. The lowest BCUT2D eigenvalue weighted by Gasteiger charge is -2.29. The van der Waals surface area contributed by atoms with Crippen LogP contribution >= 0.6 is 0 Å². The maximum atomic E-state index is 12.2. The van der Waals surface area contributed by atoms with Gasteiger partial charge in [0.1, 0.15) is 5.57 Å². The monoisotopic (exact) mass is 427 g/mol. The van der Waals surface area contributed by atoms with E-state index in [1.165, 1.54) is 31.1 Å². The minimum Gasteiger partial charge on any atom is -0.419 e. The van der Waals surface area contributed by atoms with E-state index in [1.807, 2.05) is 24.3 Å². The summed E-state index contributed by atoms with van der Waals surface area (Å²) in [4.78, 5) is 26.6. The van der Waals surface area contributed by atoms with Crippen LogP contribution in [0.15, 0.2) is 78.4 Å². The summed E-state index contributed by atoms with van der Waals surface area (Å²) in [7, 11) is 0. The summed E-state index contributed by atoms with van der Waals surface area (Å²) in [6.45, 7) is 7.17. The van der Waals surface area contributed by atoms with Gasteiger partial charge in [-0.2, -0.15) is 0 Å². The number of benzene rings is 3. The van der Waals surface area contributed by atoms with E-state index in [9.17, 15) is 9.59 Å². The van der Waals surface area contributed by atoms with Gasteiger partial charge in [-0.15, -0.1) is 0 Å². The highest BCUT2D eigenvalue weighted by Gasteiger charge is 2.38. The largest absolute Gasteiger partial charge is 0.419 e. The molecule has 0 spiro atoms. The second kappa shape index (κ2) is 8.35. The van der Waals surface area contributed by atoms with E-state index in [-0.39, 0.29) is 5.57 Å². The molecule has 1 saturated heterocycles. The van der Waals surface area contributed by atoms with Crippen LogP contribution < -0.4 is 4.90 Å². The minimum atomic E-state index is -1.25. The second-order valence-corrected chi connectivity index (χ2v) is 8.33. The van der Waals surface area contributed by atoms with Gasteiger partial charge in [0, 0.05) is 30.9 Å². The third-order valence-corrected chi connectivity index (χ3v) is 5.16. The lowest BCUT2D eigenvalue weighted by molar-refractivity contribution is -0.222. The van der Waals surface area contributed by atoms with Crippen molar-refractivity contribution in [1.82, 2.24) is 0 Å². The van der Waals surface area contributed by atoms with E-state index in [0.29, 0.717) is 5.56 Å². The molecule has 0 N–H and O–H groups in total. The predicted octanol–water partition coefficient (Wildman–Crippen LogP) is 5.99. The van der Waals surface area contributed by atoms with Crippen LogP contribution in [0.2, 0.25) is 0 Å². The summed E-state index contributed by atoms with van der Waals surface area (Å²) in [5.74, 6) is -2.62. The van der Waals surface area contributed by atoms with E-state index < -0.39 is 17.7 Å². The zero-order valence-corrected chi connectivity index (χ0v) is 18.6. The highest BCUT2D eigenvalue weighted by atomic mass is 16.7. The number of ether oxygens (including phenoxy) is 2. The van der Waals surface area contributed by atoms with Gasteiger partial charge in [0.05, 0.1) is 0 Å². The van der Waals surface area contributed by atoms with Gasteiger partial charge >= 0.3 is 11.9 Å². The van der Waals surface area contributed by atoms with Crippen LogP contribution in [0.25, 0.3) is 6.08 Å². The number of anilines is 3. The molecule has 1 aliphatic rings. The third-order valence-electron chi connectivity index (χ3n) is 5.16. The summed E-state index contributed by atoms with van der Waals surface area (Å²) in [6, 6.07) is 24.3. The Bertz CT molecular complexity index is 1110. The molecule has 4 rings (SSSR count). The molecule has 0 aromatic heterocycles. The van der Waals surface area contributed by atoms with Gasteiger partial charge in [-0.3, -0.25) is 0 Å². The fourth-order valence-electron chi connectivity index (χ4n) is 3.50. The van der Waals surface area contributed by atoms with Crippen molar-refractivity contribution >= 4 is 35.1 Å². The van der Waals surface area contributed by atoms with E-state index >= 15 is 0 Å². The third kappa shape index (κ3) is 4.57. The molecular weight excluding hydrogens is 402 g/mol. The molecule has 0 bridgehead atoms. The number of hydrogen-bond acceptors (Lipinski definition) is 5. The number of carbonyl (C=O) groups is 2. The topological polar surface area (TPSA) is 55.8 Å². The van der Waals surface area contributed by atoms with Gasteiger partial charge < -0.3 is 14.4 Å². The Hall–Kier alpha value is -3.86. The van der Waals surface area contributed by atoms with Gasteiger partial charge in [0.25, 0.3) is 5.79 Å². The fourth-order valence-corrected chi connectivity index (χ4v) is 3.50. The zero-order chi connectivity index (χ0) is 22.9. The molecule has 1 fully saturated rings. The Morgan fingerprint density at radius 2 is 1.03 bits per heavy atom. The SMILES string of the molecule is Cc1ccc(N(c2ccc(C)cc2)c2ccc(C=C3C(=O)OC(C)(C)OC3=O)cc2)cc1. The van der Waals surface area contributed by atoms with Crippen LogP contribution in [0.4, 0.5) is 17.1 Å². The van der Waals surface area contributed by atoms with Crippen LogP contribution in [0.1, 0.15) is 30.5 Å². The molecule has 0 amide bonds. The first kappa shape index (κ1) is 21.4. The van der Waals surface area contributed by atoms with Crippen molar-refractivity contribution in [1.29, 1.82) is 0 Å². The molecule has 32 heavy (non-hydrogen) atoms. The molecule has 5 nitrogen and oxygen atoms in total. The Labute approximate surface area is 187 Å². The van der Waals surface area contributed by atoms with E-state index in [0.717, 1.165) is 17.1 Å². The van der Waals surface area contributed by atoms with Gasteiger partial charge in [0.2, 0.25) is 0 Å². The summed E-state index contributed by atoms with van der Waals surface area (Å²) >= 11 is 0. The zero-order valence-electron chi connectivity index (χ0n) is 18.6. The van der Waals surface area contributed by atoms with Crippen molar-refractivity contribution in [3.63, 3.8) is 0 Å². The normalized spacial score (nSPS) is 15.1. The smallest absolute Gasteiger partial charge is 0.348 e. The van der Waals surface area contributed by atoms with Crippen LogP contribution in [-0.4, -0.2) is 17.7 Å². The van der Waals surface area contributed by atoms with Crippen molar-refractivity contribution < 1.29 is 19.1 Å². The number of carbonyl (C=O) groups excluding carboxylic acids is 2. The molecule has 162 valence electrons. The lowest BCUT2D eigenvalue weighted by atomic mass is 10.1. The quantitative estimate of drug-likeness (QED) is 0.291. The maximum absolute atomic E-state index is 12.2. The van der Waals surface area contributed by atoms with Gasteiger partial charge in [-0.05, 0) is 61.9 Å². The molecule has 0 unspecified atom stereocenters. The standard InChI is InChI=1S/C27H25NO4/c1-18-5-11-21(12-6-18)28(22-13-7-19(2)8-14-22)23-15-9-20(10-16-23)17-24-25(29)31-27(3,4)32-26(24)30/h5-17H,1-4H3. The minimum absolute atomic E-state index is 0.119. The van der Waals surface area contributed by atoms with Crippen molar-refractivity contribution in [2.24, 2.45) is 0 Å². The van der Waals surface area contributed by atoms with Crippen molar-refractivity contribution in [2.45, 2.75) is 33.5 Å². The molecule has 3 aromatic rings. The van der Waals surface area contributed by atoms with Crippen LogP contribution in [0.5, 0.6) is 0 Å². The van der Waals surface area contributed by atoms with Gasteiger partial charge in [-0.25, -0.2) is 9.59 Å². The Balaban J connectivity index is 1.68. The van der Waals surface area contributed by atoms with Gasteiger partial charge in [-0.1, -0.05) is 47.5 Å². The fraction of sp³-hybridized carbons (Fsp3) is 0.185. The molecule has 0 aliphatic carbocycles. The highest BCUT2D eigenvalue weighted by molar-refractivity contribution is 6.18. The molecule has 0 atom stereocenters. The molecule has 3 aromatic carbocycles. The van der Waals surface area contributed by atoms with E-state index in [4.69, 9.17) is 9.47 Å². The van der Waals surface area contributed by atoms with Crippen molar-refractivity contribution in [3.05, 3.63) is 95.1 Å². The van der Waals surface area contributed by atoms with Crippen LogP contribution in [0.3, 0.4) is 0 Å². The number of hydrogen-bond donors (Lipinski definition) is 0. The lowest BCUT2D eigenvalue weighted by Crippen LogP contribution is -2.41. The van der Waals surface area contributed by atoms with E-state index in [1.54, 1.807) is 0 Å². The van der Waals surface area contributed by atoms with Gasteiger partial charge in [0.15, 0.2) is 0 Å². The first-order valence-electron chi connectivity index (χ1n) is 10.4. The average molecular weight is 428 g/mol. The van der Waals surface area contributed by atoms with Crippen LogP contribution in [-0.2, 0) is 19.1 Å². The maximum Gasteiger partial charge on any atom is 0.348 e. The first-order valence-corrected chi connectivity index (χ1v) is 10.4. The number of cyclic esters (lactones) is 2. The average Bonchev–Trinajstić information content (AvgIpc) is 2.74. The molecule has 1 heterocycles. The summed E-state index contributed by atoms with van der Waals surface area (Å²) < 4.78 is 10.3. The first-order chi connectivity index (χ1) is 15.2. The number of nitrogens with zero attached hydrogens (tertiary/aromatic N) is 1. The van der Waals surface area contributed by atoms with Crippen LogP contribution in [0, 0.1) is 13.8 Å². The van der Waals surface area contributed by atoms with Crippen molar-refractivity contribution in [3.8, 4) is 0 Å². The predicted molar refractivity (Wildman–Crippen MR) is 125 cm³/mol. The Kier molecular flexibility index (Phi) is 5.57. The number of rotatable bonds is 4. The summed E-state index contributed by atoms with van der Waals surface area (Å²) in [6.07, 6.45) is 1.49. The molecular formula is C27H25NO4. The summed E-state index contributed by atoms with van der Waals surface area (Å²) in [5, 5.41) is 0. The second-order valence-electron chi connectivity index (χ2n) is 8.33. The van der Waals surface area contributed by atoms with Crippen molar-refractivity contribution in [2.75, 3.05) is 4.90 Å². The Morgan fingerprint density at radius 1 is 0.656 bits per heavy atom. The molecule has 5 heteroatoms. The number of aryl methyl sites for hydroxylation is 2.